The van der Waals surface area contributed by atoms with Crippen molar-refractivity contribution in [2.45, 2.75) is 45.4 Å². The first-order valence-electron chi connectivity index (χ1n) is 5.62. The SMILES string of the molecule is C=C(C)C1=C2CCCCC2CCC1=O. The van der Waals surface area contributed by atoms with Crippen molar-refractivity contribution in [3.05, 3.63) is 23.3 Å². The normalized spacial score (nSPS) is 27.5. The summed E-state index contributed by atoms with van der Waals surface area (Å²) < 4.78 is 0. The third-order valence-electron chi connectivity index (χ3n) is 3.49. The Bertz CT molecular complexity index is 309. The molecule has 0 spiro atoms. The highest BCUT2D eigenvalue weighted by atomic mass is 16.1. The van der Waals surface area contributed by atoms with Gasteiger partial charge in [0.05, 0.1) is 0 Å². The minimum atomic E-state index is 0.339. The molecule has 1 nitrogen and oxygen atoms in total. The van der Waals surface area contributed by atoms with Gasteiger partial charge >= 0.3 is 0 Å². The zero-order valence-corrected chi connectivity index (χ0v) is 8.94. The fourth-order valence-corrected chi connectivity index (χ4v) is 2.85. The molecule has 0 heterocycles. The molecule has 1 atom stereocenters. The van der Waals surface area contributed by atoms with E-state index in [0.29, 0.717) is 11.7 Å². The highest BCUT2D eigenvalue weighted by Crippen LogP contribution is 2.40. The van der Waals surface area contributed by atoms with Gasteiger partial charge in [0.15, 0.2) is 5.78 Å². The summed E-state index contributed by atoms with van der Waals surface area (Å²) in [6.07, 6.45) is 6.86. The van der Waals surface area contributed by atoms with Crippen molar-refractivity contribution in [1.82, 2.24) is 0 Å². The molecule has 1 fully saturated rings. The number of carbonyl (C=O) groups excluding carboxylic acids is 1. The molecule has 2 rings (SSSR count). The summed E-state index contributed by atoms with van der Waals surface area (Å²) in [5, 5.41) is 0. The van der Waals surface area contributed by atoms with E-state index in [0.717, 1.165) is 30.4 Å². The van der Waals surface area contributed by atoms with Crippen molar-refractivity contribution in [2.24, 2.45) is 5.92 Å². The van der Waals surface area contributed by atoms with Crippen LogP contribution in [0, 0.1) is 5.92 Å². The molecule has 14 heavy (non-hydrogen) atoms. The van der Waals surface area contributed by atoms with Crippen LogP contribution in [0.2, 0.25) is 0 Å². The molecule has 76 valence electrons. The molecule has 0 radical (unpaired) electrons. The zero-order chi connectivity index (χ0) is 10.1. The van der Waals surface area contributed by atoms with Crippen LogP contribution in [0.15, 0.2) is 23.3 Å². The van der Waals surface area contributed by atoms with Crippen LogP contribution in [0.5, 0.6) is 0 Å². The number of hydrogen-bond donors (Lipinski definition) is 0. The third-order valence-corrected chi connectivity index (χ3v) is 3.49. The maximum atomic E-state index is 11.8. The van der Waals surface area contributed by atoms with Gasteiger partial charge < -0.3 is 0 Å². The molecule has 0 saturated heterocycles. The maximum absolute atomic E-state index is 11.8. The molecule has 1 saturated carbocycles. The molecule has 0 aromatic rings. The van der Waals surface area contributed by atoms with E-state index >= 15 is 0 Å². The molecule has 0 bridgehead atoms. The molecule has 1 unspecified atom stereocenters. The zero-order valence-electron chi connectivity index (χ0n) is 8.94. The predicted octanol–water partition coefficient (Wildman–Crippen LogP) is 3.41. The smallest absolute Gasteiger partial charge is 0.163 e. The summed E-state index contributed by atoms with van der Waals surface area (Å²) >= 11 is 0. The summed E-state index contributed by atoms with van der Waals surface area (Å²) in [7, 11) is 0. The lowest BCUT2D eigenvalue weighted by molar-refractivity contribution is -0.116. The lowest BCUT2D eigenvalue weighted by Crippen LogP contribution is -2.22. The van der Waals surface area contributed by atoms with E-state index in [1.807, 2.05) is 6.92 Å². The van der Waals surface area contributed by atoms with E-state index in [4.69, 9.17) is 0 Å². The van der Waals surface area contributed by atoms with Gasteiger partial charge in [-0.3, -0.25) is 4.79 Å². The van der Waals surface area contributed by atoms with E-state index in [-0.39, 0.29) is 0 Å². The van der Waals surface area contributed by atoms with E-state index in [9.17, 15) is 4.79 Å². The first-order valence-corrected chi connectivity index (χ1v) is 5.62. The highest BCUT2D eigenvalue weighted by Gasteiger charge is 2.29. The van der Waals surface area contributed by atoms with Crippen molar-refractivity contribution >= 4 is 5.78 Å². The van der Waals surface area contributed by atoms with Gasteiger partial charge in [-0.1, -0.05) is 18.6 Å². The maximum Gasteiger partial charge on any atom is 0.163 e. The van der Waals surface area contributed by atoms with E-state index in [1.54, 1.807) is 0 Å². The minimum absolute atomic E-state index is 0.339. The Balaban J connectivity index is 2.40. The van der Waals surface area contributed by atoms with Gasteiger partial charge in [0.1, 0.15) is 0 Å². The Morgan fingerprint density at radius 3 is 2.79 bits per heavy atom. The molecule has 2 aliphatic rings. The topological polar surface area (TPSA) is 17.1 Å². The van der Waals surface area contributed by atoms with Gasteiger partial charge in [0.25, 0.3) is 0 Å². The molecule has 0 aromatic carbocycles. The monoisotopic (exact) mass is 190 g/mol. The van der Waals surface area contributed by atoms with Crippen molar-refractivity contribution < 1.29 is 4.79 Å². The Hall–Kier alpha value is -0.850. The number of ketones is 1. The molecule has 1 heteroatoms. The lowest BCUT2D eigenvalue weighted by Gasteiger charge is -2.31. The van der Waals surface area contributed by atoms with Crippen LogP contribution < -0.4 is 0 Å². The average molecular weight is 190 g/mol. The fraction of sp³-hybridized carbons (Fsp3) is 0.615. The molecule has 0 aliphatic heterocycles. The van der Waals surface area contributed by atoms with Crippen LogP contribution in [0.3, 0.4) is 0 Å². The molecule has 0 N–H and O–H groups in total. The summed E-state index contributed by atoms with van der Waals surface area (Å²) in [5.41, 5.74) is 3.41. The first kappa shape index (κ1) is 9.70. The number of rotatable bonds is 1. The summed E-state index contributed by atoms with van der Waals surface area (Å²) in [6.45, 7) is 5.91. The largest absolute Gasteiger partial charge is 0.294 e. The van der Waals surface area contributed by atoms with Crippen LogP contribution in [0.4, 0.5) is 0 Å². The number of allylic oxidation sites excluding steroid dienone is 3. The highest BCUT2D eigenvalue weighted by molar-refractivity contribution is 6.00. The number of hydrogen-bond acceptors (Lipinski definition) is 1. The lowest BCUT2D eigenvalue weighted by atomic mass is 9.73. The molecule has 0 aromatic heterocycles. The number of carbonyl (C=O) groups is 1. The van der Waals surface area contributed by atoms with Gasteiger partial charge in [-0.05, 0) is 44.1 Å². The van der Waals surface area contributed by atoms with Crippen LogP contribution in [-0.2, 0) is 4.79 Å². The van der Waals surface area contributed by atoms with Crippen LogP contribution >= 0.6 is 0 Å². The Morgan fingerprint density at radius 2 is 2.07 bits per heavy atom. The summed E-state index contributed by atoms with van der Waals surface area (Å²) in [5.74, 6) is 1.04. The number of fused-ring (bicyclic) bond motifs is 1. The number of Topliss-reactive ketones (excluding diaryl/α,β-unsaturated/α-hetero) is 1. The standard InChI is InChI=1S/C13H18O/c1-9(2)13-11-6-4-3-5-10(11)7-8-12(13)14/h10H,1,3-8H2,2H3. The van der Waals surface area contributed by atoms with Crippen molar-refractivity contribution in [1.29, 1.82) is 0 Å². The Labute approximate surface area is 85.9 Å². The van der Waals surface area contributed by atoms with Crippen LogP contribution in [0.1, 0.15) is 45.4 Å². The quantitative estimate of drug-likeness (QED) is 0.619. The second-order valence-corrected chi connectivity index (χ2v) is 4.59. The average Bonchev–Trinajstić information content (AvgIpc) is 2.17. The Kier molecular flexibility index (Phi) is 2.58. The molecule has 0 amide bonds. The van der Waals surface area contributed by atoms with Crippen molar-refractivity contribution in [3.8, 4) is 0 Å². The first-order chi connectivity index (χ1) is 6.70. The van der Waals surface area contributed by atoms with Gasteiger partial charge in [-0.25, -0.2) is 0 Å². The predicted molar refractivity (Wildman–Crippen MR) is 58.0 cm³/mol. The van der Waals surface area contributed by atoms with Crippen LogP contribution in [0.25, 0.3) is 0 Å². The molecule has 2 aliphatic carbocycles. The Morgan fingerprint density at radius 1 is 1.29 bits per heavy atom. The second-order valence-electron chi connectivity index (χ2n) is 4.59. The van der Waals surface area contributed by atoms with E-state index in [2.05, 4.69) is 6.58 Å². The third kappa shape index (κ3) is 1.56. The van der Waals surface area contributed by atoms with Gasteiger partial charge in [0, 0.05) is 12.0 Å². The minimum Gasteiger partial charge on any atom is -0.294 e. The summed E-state index contributed by atoms with van der Waals surface area (Å²) in [4.78, 5) is 11.8. The van der Waals surface area contributed by atoms with Crippen molar-refractivity contribution in [3.63, 3.8) is 0 Å². The van der Waals surface area contributed by atoms with Gasteiger partial charge in [0.2, 0.25) is 0 Å². The van der Waals surface area contributed by atoms with E-state index < -0.39 is 0 Å². The fourth-order valence-electron chi connectivity index (χ4n) is 2.85. The van der Waals surface area contributed by atoms with Gasteiger partial charge in [-0.15, -0.1) is 0 Å². The molecular weight excluding hydrogens is 172 g/mol. The van der Waals surface area contributed by atoms with Crippen LogP contribution in [-0.4, -0.2) is 5.78 Å². The van der Waals surface area contributed by atoms with Crippen molar-refractivity contribution in [2.75, 3.05) is 0 Å². The van der Waals surface area contributed by atoms with E-state index in [1.165, 1.54) is 24.8 Å². The molecular formula is C13H18O. The summed E-state index contributed by atoms with van der Waals surface area (Å²) in [6, 6.07) is 0. The second kappa shape index (κ2) is 3.72. The van der Waals surface area contributed by atoms with Gasteiger partial charge in [-0.2, -0.15) is 0 Å².